The molecule has 0 unspecified atom stereocenters. The van der Waals surface area contributed by atoms with E-state index in [0.717, 1.165) is 0 Å². The molecule has 6 aromatic rings. The number of ether oxygens (including phenoxy) is 4. The standard InChI is InChI=1S/2C20H14O6.2ClH/c2*21-19(22)13-5-9-15(10-6-13)25-17-3-1-2-4-18(17)26-16-11-7-14(8-12-16)20(23)24;;/h2*1-12H,(H,21,22)(H,23,24);2*1H. The van der Waals surface area contributed by atoms with E-state index in [-0.39, 0.29) is 47.1 Å². The number of carboxylic acid groups (broad SMARTS) is 4. The predicted molar refractivity (Wildman–Crippen MR) is 201 cm³/mol. The van der Waals surface area contributed by atoms with Gasteiger partial charge in [-0.25, -0.2) is 19.2 Å². The molecule has 0 saturated carbocycles. The summed E-state index contributed by atoms with van der Waals surface area (Å²) in [5.41, 5.74) is 0.668. The summed E-state index contributed by atoms with van der Waals surface area (Å²) in [6.07, 6.45) is 0. The van der Waals surface area contributed by atoms with Gasteiger partial charge in [-0.3, -0.25) is 0 Å². The highest BCUT2D eigenvalue weighted by Crippen LogP contribution is 2.36. The maximum atomic E-state index is 10.9. The lowest BCUT2D eigenvalue weighted by Gasteiger charge is -2.12. The molecule has 0 heterocycles. The number of para-hydroxylation sites is 4. The molecule has 54 heavy (non-hydrogen) atoms. The zero-order valence-corrected chi connectivity index (χ0v) is 29.4. The molecule has 0 spiro atoms. The first kappa shape index (κ1) is 41.4. The second-order valence-electron chi connectivity index (χ2n) is 10.6. The minimum atomic E-state index is -1.01. The van der Waals surface area contributed by atoms with Gasteiger partial charge < -0.3 is 39.4 Å². The van der Waals surface area contributed by atoms with Crippen LogP contribution in [0.25, 0.3) is 0 Å². The first-order valence-electron chi connectivity index (χ1n) is 15.3. The number of rotatable bonds is 12. The molecule has 6 aromatic carbocycles. The predicted octanol–water partition coefficient (Wildman–Crippen LogP) is 10.2. The first-order chi connectivity index (χ1) is 25.0. The minimum absolute atomic E-state index is 0. The molecule has 0 aliphatic heterocycles. The van der Waals surface area contributed by atoms with Gasteiger partial charge in [0.2, 0.25) is 0 Å². The molecule has 0 bridgehead atoms. The van der Waals surface area contributed by atoms with Gasteiger partial charge in [0.25, 0.3) is 0 Å². The fourth-order valence-corrected chi connectivity index (χ4v) is 4.41. The second-order valence-corrected chi connectivity index (χ2v) is 10.6. The summed E-state index contributed by atoms with van der Waals surface area (Å²) in [6, 6.07) is 38.0. The summed E-state index contributed by atoms with van der Waals surface area (Å²) in [5, 5.41) is 35.7. The van der Waals surface area contributed by atoms with Crippen LogP contribution in [0, 0.1) is 0 Å². The van der Waals surface area contributed by atoms with Crippen molar-refractivity contribution in [2.24, 2.45) is 0 Å². The molecular weight excluding hydrogens is 743 g/mol. The van der Waals surface area contributed by atoms with E-state index < -0.39 is 23.9 Å². The second kappa shape index (κ2) is 19.6. The summed E-state index contributed by atoms with van der Waals surface area (Å²) in [5.74, 6) is -0.406. The number of benzene rings is 6. The largest absolute Gasteiger partial charge is 0.478 e. The van der Waals surface area contributed by atoms with Gasteiger partial charge in [0.1, 0.15) is 23.0 Å². The zero-order chi connectivity index (χ0) is 37.0. The first-order valence-corrected chi connectivity index (χ1v) is 15.3. The highest BCUT2D eigenvalue weighted by molar-refractivity contribution is 5.89. The number of hydrogen-bond donors (Lipinski definition) is 4. The van der Waals surface area contributed by atoms with Crippen LogP contribution in [0.5, 0.6) is 46.0 Å². The highest BCUT2D eigenvalue weighted by Gasteiger charge is 2.11. The maximum absolute atomic E-state index is 10.9. The van der Waals surface area contributed by atoms with Crippen LogP contribution in [0.4, 0.5) is 0 Å². The van der Waals surface area contributed by atoms with Crippen molar-refractivity contribution in [2.75, 3.05) is 0 Å². The van der Waals surface area contributed by atoms with Gasteiger partial charge >= 0.3 is 23.9 Å². The lowest BCUT2D eigenvalue weighted by Crippen LogP contribution is -1.96. The summed E-state index contributed by atoms with van der Waals surface area (Å²) >= 11 is 0. The molecule has 0 amide bonds. The smallest absolute Gasteiger partial charge is 0.335 e. The molecule has 12 nitrogen and oxygen atoms in total. The average Bonchev–Trinajstić information content (AvgIpc) is 3.14. The van der Waals surface area contributed by atoms with Crippen LogP contribution in [0.15, 0.2) is 146 Å². The molecule has 4 N–H and O–H groups in total. The van der Waals surface area contributed by atoms with E-state index in [1.807, 2.05) is 0 Å². The van der Waals surface area contributed by atoms with Crippen molar-refractivity contribution in [3.8, 4) is 46.0 Å². The zero-order valence-electron chi connectivity index (χ0n) is 27.7. The monoisotopic (exact) mass is 772 g/mol. The van der Waals surface area contributed by atoms with E-state index in [9.17, 15) is 19.2 Å². The van der Waals surface area contributed by atoms with Crippen molar-refractivity contribution < 1.29 is 58.6 Å². The average molecular weight is 774 g/mol. The van der Waals surface area contributed by atoms with Crippen LogP contribution in [0.2, 0.25) is 0 Å². The van der Waals surface area contributed by atoms with E-state index >= 15 is 0 Å². The number of hydrogen-bond acceptors (Lipinski definition) is 8. The van der Waals surface area contributed by atoms with Crippen molar-refractivity contribution in [2.45, 2.75) is 0 Å². The summed E-state index contributed by atoms with van der Waals surface area (Å²) in [6.45, 7) is 0. The van der Waals surface area contributed by atoms with Gasteiger partial charge in [0.05, 0.1) is 22.3 Å². The van der Waals surface area contributed by atoms with Gasteiger partial charge in [-0.05, 0) is 121 Å². The Balaban J connectivity index is 0.000000280. The molecule has 0 saturated heterocycles. The normalized spacial score (nSPS) is 9.78. The quantitative estimate of drug-likeness (QED) is 0.0923. The number of carbonyl (C=O) groups is 4. The summed E-state index contributed by atoms with van der Waals surface area (Å²) in [7, 11) is 0. The van der Waals surface area contributed by atoms with Gasteiger partial charge in [-0.15, -0.1) is 24.8 Å². The number of halogens is 2. The van der Waals surface area contributed by atoms with Crippen LogP contribution in [-0.2, 0) is 0 Å². The SMILES string of the molecule is Cl.Cl.O=C(O)c1ccc(Oc2ccccc2Oc2ccc(C(=O)O)cc2)cc1.O=C(O)c1ccc(Oc2ccccc2Oc2ccc(C(=O)O)cc2)cc1. The third-order valence-electron chi connectivity index (χ3n) is 7.01. The van der Waals surface area contributed by atoms with Gasteiger partial charge in [0.15, 0.2) is 23.0 Å². The summed E-state index contributed by atoms with van der Waals surface area (Å²) < 4.78 is 23.1. The van der Waals surface area contributed by atoms with Crippen molar-refractivity contribution in [3.05, 3.63) is 168 Å². The molecule has 0 atom stereocenters. The van der Waals surface area contributed by atoms with Gasteiger partial charge in [0, 0.05) is 0 Å². The third kappa shape index (κ3) is 11.5. The third-order valence-corrected chi connectivity index (χ3v) is 7.01. The van der Waals surface area contributed by atoms with Crippen LogP contribution in [0.1, 0.15) is 41.4 Å². The molecule has 276 valence electrons. The van der Waals surface area contributed by atoms with E-state index in [4.69, 9.17) is 39.4 Å². The Morgan fingerprint density at radius 2 is 0.463 bits per heavy atom. The van der Waals surface area contributed by atoms with Gasteiger partial charge in [-0.2, -0.15) is 0 Å². The van der Waals surface area contributed by atoms with Gasteiger partial charge in [-0.1, -0.05) is 24.3 Å². The molecule has 0 aliphatic rings. The Morgan fingerprint density at radius 3 is 0.611 bits per heavy atom. The van der Waals surface area contributed by atoms with Crippen LogP contribution >= 0.6 is 24.8 Å². The van der Waals surface area contributed by atoms with E-state index in [0.29, 0.717) is 46.0 Å². The lowest BCUT2D eigenvalue weighted by atomic mass is 10.2. The fourth-order valence-electron chi connectivity index (χ4n) is 4.41. The molecule has 0 aliphatic carbocycles. The van der Waals surface area contributed by atoms with Crippen molar-refractivity contribution >= 4 is 48.7 Å². The maximum Gasteiger partial charge on any atom is 0.335 e. The fraction of sp³-hybridized carbons (Fsp3) is 0. The molecule has 14 heteroatoms. The van der Waals surface area contributed by atoms with E-state index in [1.165, 1.54) is 48.5 Å². The molecule has 0 fully saturated rings. The Labute approximate surface area is 320 Å². The Kier molecular flexibility index (Phi) is 15.0. The lowest BCUT2D eigenvalue weighted by molar-refractivity contribution is 0.0686. The highest BCUT2D eigenvalue weighted by atomic mass is 35.5. The van der Waals surface area contributed by atoms with Crippen molar-refractivity contribution in [3.63, 3.8) is 0 Å². The Morgan fingerprint density at radius 1 is 0.296 bits per heavy atom. The Hall–Kier alpha value is -7.02. The van der Waals surface area contributed by atoms with E-state index in [2.05, 4.69) is 0 Å². The van der Waals surface area contributed by atoms with Crippen molar-refractivity contribution in [1.29, 1.82) is 0 Å². The molecule has 6 rings (SSSR count). The van der Waals surface area contributed by atoms with Crippen LogP contribution in [-0.4, -0.2) is 44.3 Å². The van der Waals surface area contributed by atoms with E-state index in [1.54, 1.807) is 97.1 Å². The minimum Gasteiger partial charge on any atom is -0.478 e. The Bertz CT molecular complexity index is 1870. The molecular formula is C40H30Cl2O12. The van der Waals surface area contributed by atoms with Crippen molar-refractivity contribution in [1.82, 2.24) is 0 Å². The van der Waals surface area contributed by atoms with Crippen LogP contribution in [0.3, 0.4) is 0 Å². The number of carboxylic acids is 4. The summed E-state index contributed by atoms with van der Waals surface area (Å²) in [4.78, 5) is 43.6. The van der Waals surface area contributed by atoms with Crippen LogP contribution < -0.4 is 18.9 Å². The topological polar surface area (TPSA) is 186 Å². The molecule has 0 radical (unpaired) electrons. The number of aromatic carboxylic acids is 4. The molecule has 0 aromatic heterocycles.